The van der Waals surface area contributed by atoms with Crippen molar-refractivity contribution in [3.05, 3.63) is 28.0 Å². The molecule has 74 valence electrons. The molecule has 0 radical (unpaired) electrons. The van der Waals surface area contributed by atoms with E-state index in [0.29, 0.717) is 16.1 Å². The second-order valence-corrected chi connectivity index (χ2v) is 4.18. The van der Waals surface area contributed by atoms with E-state index in [1.165, 1.54) is 6.07 Å². The second-order valence-electron chi connectivity index (χ2n) is 3.39. The maximum absolute atomic E-state index is 13.1. The van der Waals surface area contributed by atoms with Crippen LogP contribution in [0.15, 0.2) is 16.6 Å². The number of halogens is 2. The summed E-state index contributed by atoms with van der Waals surface area (Å²) in [7, 11) is 0. The minimum atomic E-state index is -0.329. The van der Waals surface area contributed by atoms with Crippen molar-refractivity contribution in [2.45, 2.75) is 18.9 Å². The van der Waals surface area contributed by atoms with Gasteiger partial charge in [-0.1, -0.05) is 0 Å². The molecule has 0 unspecified atom stereocenters. The Morgan fingerprint density at radius 3 is 2.79 bits per heavy atom. The van der Waals surface area contributed by atoms with E-state index in [2.05, 4.69) is 21.2 Å². The predicted molar refractivity (Wildman–Crippen MR) is 58.6 cm³/mol. The lowest BCUT2D eigenvalue weighted by Gasteiger charge is -2.09. The van der Waals surface area contributed by atoms with E-state index >= 15 is 0 Å². The van der Waals surface area contributed by atoms with Crippen LogP contribution in [0, 0.1) is 11.2 Å². The van der Waals surface area contributed by atoms with Gasteiger partial charge in [0.25, 0.3) is 0 Å². The van der Waals surface area contributed by atoms with E-state index in [1.807, 2.05) is 0 Å². The molecule has 0 heterocycles. The molecular weight excluding hydrogens is 247 g/mol. The Kier molecular flexibility index (Phi) is 2.54. The van der Waals surface area contributed by atoms with Crippen LogP contribution in [0.2, 0.25) is 0 Å². The van der Waals surface area contributed by atoms with Crippen LogP contribution in [0.25, 0.3) is 0 Å². The maximum Gasteiger partial charge on any atom is 0.138 e. The molecule has 0 bridgehead atoms. The Morgan fingerprint density at radius 2 is 2.21 bits per heavy atom. The highest BCUT2D eigenvalue weighted by Gasteiger charge is 2.22. The molecule has 2 nitrogen and oxygen atoms in total. The van der Waals surface area contributed by atoms with Gasteiger partial charge in [0.15, 0.2) is 0 Å². The summed E-state index contributed by atoms with van der Waals surface area (Å²) in [6.07, 6.45) is 3.48. The zero-order valence-corrected chi connectivity index (χ0v) is 9.07. The number of hydrogen-bond acceptors (Lipinski definition) is 2. The van der Waals surface area contributed by atoms with E-state index in [9.17, 15) is 4.39 Å². The van der Waals surface area contributed by atoms with Gasteiger partial charge in [-0.25, -0.2) is 4.39 Å². The first-order valence-electron chi connectivity index (χ1n) is 4.47. The standard InChI is InChI=1S/C10H10BrFN2/c11-10-7(5-13)9(4-3-8(10)12)14-6-1-2-6/h3-6,13-14H,1-2H2. The largest absolute Gasteiger partial charge is 0.382 e. The lowest BCUT2D eigenvalue weighted by Crippen LogP contribution is -2.04. The number of benzene rings is 1. The van der Waals surface area contributed by atoms with Gasteiger partial charge in [-0.15, -0.1) is 0 Å². The van der Waals surface area contributed by atoms with Crippen LogP contribution < -0.4 is 5.32 Å². The Labute approximate surface area is 90.2 Å². The van der Waals surface area contributed by atoms with Crippen LogP contribution in [0.5, 0.6) is 0 Å². The van der Waals surface area contributed by atoms with Crippen molar-refractivity contribution >= 4 is 27.8 Å². The molecule has 0 saturated heterocycles. The number of hydrogen-bond donors (Lipinski definition) is 2. The van der Waals surface area contributed by atoms with Crippen molar-refractivity contribution in [1.29, 1.82) is 5.41 Å². The first-order valence-corrected chi connectivity index (χ1v) is 5.26. The lowest BCUT2D eigenvalue weighted by atomic mass is 10.2. The van der Waals surface area contributed by atoms with Crippen molar-refractivity contribution in [3.8, 4) is 0 Å². The fourth-order valence-electron chi connectivity index (χ4n) is 1.28. The van der Waals surface area contributed by atoms with Crippen molar-refractivity contribution in [2.75, 3.05) is 5.32 Å². The Bertz CT molecular complexity index is 375. The van der Waals surface area contributed by atoms with Gasteiger partial charge in [0.05, 0.1) is 4.47 Å². The van der Waals surface area contributed by atoms with Crippen LogP contribution in [-0.4, -0.2) is 12.3 Å². The van der Waals surface area contributed by atoms with E-state index in [1.54, 1.807) is 6.07 Å². The van der Waals surface area contributed by atoms with Crippen molar-refractivity contribution in [3.63, 3.8) is 0 Å². The highest BCUT2D eigenvalue weighted by Crippen LogP contribution is 2.30. The van der Waals surface area contributed by atoms with Crippen LogP contribution in [0.3, 0.4) is 0 Å². The minimum absolute atomic E-state index is 0.329. The van der Waals surface area contributed by atoms with Crippen LogP contribution in [0.4, 0.5) is 10.1 Å². The van der Waals surface area contributed by atoms with Crippen LogP contribution >= 0.6 is 15.9 Å². The molecule has 1 fully saturated rings. The highest BCUT2D eigenvalue weighted by atomic mass is 79.9. The first kappa shape index (κ1) is 9.65. The van der Waals surface area contributed by atoms with Crippen molar-refractivity contribution in [2.24, 2.45) is 0 Å². The molecule has 0 aliphatic heterocycles. The predicted octanol–water partition coefficient (Wildman–Crippen LogP) is 3.16. The Hall–Kier alpha value is -0.900. The normalized spacial score (nSPS) is 15.3. The molecule has 1 aliphatic rings. The third-order valence-electron chi connectivity index (χ3n) is 2.21. The molecule has 1 saturated carbocycles. The molecule has 1 aliphatic carbocycles. The summed E-state index contributed by atoms with van der Waals surface area (Å²) < 4.78 is 13.5. The third kappa shape index (κ3) is 1.80. The number of anilines is 1. The molecule has 0 atom stereocenters. The summed E-state index contributed by atoms with van der Waals surface area (Å²) in [6.45, 7) is 0. The van der Waals surface area contributed by atoms with Gasteiger partial charge in [0.1, 0.15) is 5.82 Å². The highest BCUT2D eigenvalue weighted by molar-refractivity contribution is 9.10. The number of nitrogens with one attached hydrogen (secondary N) is 2. The zero-order valence-electron chi connectivity index (χ0n) is 7.48. The van der Waals surface area contributed by atoms with Crippen molar-refractivity contribution < 1.29 is 4.39 Å². The molecule has 1 aromatic rings. The quantitative estimate of drug-likeness (QED) is 0.801. The lowest BCUT2D eigenvalue weighted by molar-refractivity contribution is 0.621. The summed E-state index contributed by atoms with van der Waals surface area (Å²) >= 11 is 3.14. The Morgan fingerprint density at radius 1 is 1.50 bits per heavy atom. The number of rotatable bonds is 3. The third-order valence-corrected chi connectivity index (χ3v) is 3.02. The van der Waals surface area contributed by atoms with Crippen LogP contribution in [0.1, 0.15) is 18.4 Å². The molecule has 2 N–H and O–H groups in total. The van der Waals surface area contributed by atoms with Crippen LogP contribution in [-0.2, 0) is 0 Å². The van der Waals surface area contributed by atoms with Gasteiger partial charge < -0.3 is 10.7 Å². The van der Waals surface area contributed by atoms with Crippen molar-refractivity contribution in [1.82, 2.24) is 0 Å². The molecule has 14 heavy (non-hydrogen) atoms. The summed E-state index contributed by atoms with van der Waals surface area (Å²) in [5.74, 6) is -0.329. The SMILES string of the molecule is N=Cc1c(NC2CC2)ccc(F)c1Br. The van der Waals surface area contributed by atoms with Gasteiger partial charge in [0.2, 0.25) is 0 Å². The summed E-state index contributed by atoms with van der Waals surface area (Å²) in [5.41, 5.74) is 1.41. The smallest absolute Gasteiger partial charge is 0.138 e. The molecule has 2 rings (SSSR count). The first-order chi connectivity index (χ1) is 6.72. The molecule has 0 amide bonds. The van der Waals surface area contributed by atoms with E-state index in [0.717, 1.165) is 24.7 Å². The topological polar surface area (TPSA) is 35.9 Å². The van der Waals surface area contributed by atoms with Gasteiger partial charge in [-0.2, -0.15) is 0 Å². The second kappa shape index (κ2) is 3.69. The fraction of sp³-hybridized carbons (Fsp3) is 0.300. The average Bonchev–Trinajstić information content (AvgIpc) is 2.96. The van der Waals surface area contributed by atoms with Gasteiger partial charge >= 0.3 is 0 Å². The summed E-state index contributed by atoms with van der Waals surface area (Å²) in [4.78, 5) is 0. The molecular formula is C10H10BrFN2. The molecule has 1 aromatic carbocycles. The van der Waals surface area contributed by atoms with Gasteiger partial charge in [0, 0.05) is 23.5 Å². The van der Waals surface area contributed by atoms with E-state index in [-0.39, 0.29) is 5.82 Å². The fourth-order valence-corrected chi connectivity index (χ4v) is 1.74. The van der Waals surface area contributed by atoms with Gasteiger partial charge in [-0.3, -0.25) is 0 Å². The molecule has 0 spiro atoms. The Balaban J connectivity index is 2.37. The average molecular weight is 257 g/mol. The van der Waals surface area contributed by atoms with E-state index < -0.39 is 0 Å². The van der Waals surface area contributed by atoms with E-state index in [4.69, 9.17) is 5.41 Å². The monoisotopic (exact) mass is 256 g/mol. The molecule has 0 aromatic heterocycles. The van der Waals surface area contributed by atoms with Gasteiger partial charge in [-0.05, 0) is 40.9 Å². The minimum Gasteiger partial charge on any atom is -0.382 e. The summed E-state index contributed by atoms with van der Waals surface area (Å²) in [5, 5.41) is 10.5. The zero-order chi connectivity index (χ0) is 10.1. The summed E-state index contributed by atoms with van der Waals surface area (Å²) in [6, 6.07) is 3.59. The maximum atomic E-state index is 13.1. The molecule has 4 heteroatoms.